The zero-order valence-electron chi connectivity index (χ0n) is 17.0. The molecule has 2 aliphatic rings. The molecule has 1 fully saturated rings. The van der Waals surface area contributed by atoms with Crippen molar-refractivity contribution in [1.29, 1.82) is 0 Å². The van der Waals surface area contributed by atoms with Crippen LogP contribution in [0.2, 0.25) is 0 Å². The predicted octanol–water partition coefficient (Wildman–Crippen LogP) is 2.88. The molecule has 2 aliphatic heterocycles. The number of carbonyl (C=O) groups is 3. The highest BCUT2D eigenvalue weighted by Gasteiger charge is 2.42. The first-order valence-electron chi connectivity index (χ1n) is 9.97. The molecule has 1 N–H and O–H groups in total. The van der Waals surface area contributed by atoms with Crippen LogP contribution < -0.4 is 0 Å². The molecular weight excluding hydrogens is 448 g/mol. The zero-order chi connectivity index (χ0) is 23.9. The summed E-state index contributed by atoms with van der Waals surface area (Å²) in [5.41, 5.74) is 1.38. The van der Waals surface area contributed by atoms with Crippen LogP contribution in [0.1, 0.15) is 22.3 Å². The van der Waals surface area contributed by atoms with Crippen LogP contribution in [0, 0.1) is 11.6 Å². The third-order valence-corrected chi connectivity index (χ3v) is 5.72. The minimum atomic E-state index is -3.10. The monoisotopic (exact) mass is 466 g/mol. The van der Waals surface area contributed by atoms with Gasteiger partial charge in [-0.2, -0.15) is 8.78 Å². The van der Waals surface area contributed by atoms with E-state index >= 15 is 0 Å². The lowest BCUT2D eigenvalue weighted by molar-refractivity contribution is -0.160. The molecule has 0 aliphatic carbocycles. The quantitative estimate of drug-likeness (QED) is 0.662. The molecule has 7 nitrogen and oxygen atoms in total. The van der Waals surface area contributed by atoms with Gasteiger partial charge in [0.1, 0.15) is 24.2 Å². The molecule has 2 heterocycles. The molecule has 0 radical (unpaired) electrons. The third kappa shape index (κ3) is 4.54. The van der Waals surface area contributed by atoms with Crippen LogP contribution in [0.4, 0.5) is 17.6 Å². The molecule has 0 bridgehead atoms. The number of aliphatic carboxylic acids is 1. The van der Waals surface area contributed by atoms with Crippen molar-refractivity contribution in [2.75, 3.05) is 13.1 Å². The molecule has 174 valence electrons. The summed E-state index contributed by atoms with van der Waals surface area (Å²) in [5.74, 6) is -4.03. The van der Waals surface area contributed by atoms with Crippen LogP contribution in [0.15, 0.2) is 36.4 Å². The smallest absolute Gasteiger partial charge is 0.345 e. The van der Waals surface area contributed by atoms with Crippen LogP contribution in [0.3, 0.4) is 0 Å². The number of ether oxygens (including phenoxy) is 1. The van der Waals surface area contributed by atoms with Crippen molar-refractivity contribution in [1.82, 2.24) is 9.80 Å². The van der Waals surface area contributed by atoms with E-state index in [0.717, 1.165) is 17.0 Å². The Labute approximate surface area is 185 Å². The van der Waals surface area contributed by atoms with Crippen LogP contribution in [-0.4, -0.2) is 64.5 Å². The molecule has 11 heteroatoms. The average molecular weight is 466 g/mol. The second kappa shape index (κ2) is 8.81. The fraction of sp³-hybridized carbons (Fsp3) is 0.318. The van der Waals surface area contributed by atoms with Crippen LogP contribution in [-0.2, 0) is 20.9 Å². The molecule has 0 spiro atoms. The second-order valence-electron chi connectivity index (χ2n) is 7.81. The fourth-order valence-corrected chi connectivity index (χ4v) is 4.21. The Bertz CT molecular complexity index is 1130. The lowest BCUT2D eigenvalue weighted by Crippen LogP contribution is -2.45. The molecular formula is C22H18F4N2O5. The number of amides is 2. The zero-order valence-corrected chi connectivity index (χ0v) is 17.0. The number of nitrogens with zero attached hydrogens (tertiary/aromatic N) is 2. The van der Waals surface area contributed by atoms with Gasteiger partial charge in [0.15, 0.2) is 0 Å². The van der Waals surface area contributed by atoms with Gasteiger partial charge in [0.25, 0.3) is 5.91 Å². The van der Waals surface area contributed by atoms with Crippen LogP contribution in [0.25, 0.3) is 11.1 Å². The van der Waals surface area contributed by atoms with Crippen LogP contribution >= 0.6 is 0 Å². The Balaban J connectivity index is 1.49. The number of hydrogen-bond donors (Lipinski definition) is 1. The largest absolute Gasteiger partial charge is 0.480 e. The number of carboxylic acids is 1. The Morgan fingerprint density at radius 2 is 1.85 bits per heavy atom. The number of likely N-dealkylation sites (tertiary alicyclic amines) is 1. The highest BCUT2D eigenvalue weighted by Crippen LogP contribution is 2.31. The minimum absolute atomic E-state index is 0.0130. The van der Waals surface area contributed by atoms with E-state index in [0.29, 0.717) is 16.7 Å². The molecule has 1 saturated heterocycles. The van der Waals surface area contributed by atoms with Gasteiger partial charge in [-0.05, 0) is 35.4 Å². The van der Waals surface area contributed by atoms with Gasteiger partial charge in [0, 0.05) is 36.7 Å². The predicted molar refractivity (Wildman–Crippen MR) is 105 cm³/mol. The summed E-state index contributed by atoms with van der Waals surface area (Å²) >= 11 is 0. The maximum Gasteiger partial charge on any atom is 0.345 e. The summed E-state index contributed by atoms with van der Waals surface area (Å²) in [6.45, 7) is -3.88. The summed E-state index contributed by atoms with van der Waals surface area (Å²) in [7, 11) is 0. The molecule has 33 heavy (non-hydrogen) atoms. The third-order valence-electron chi connectivity index (χ3n) is 5.72. The van der Waals surface area contributed by atoms with Gasteiger partial charge in [-0.25, -0.2) is 13.6 Å². The maximum atomic E-state index is 14.1. The summed E-state index contributed by atoms with van der Waals surface area (Å²) < 4.78 is 56.7. The lowest BCUT2D eigenvalue weighted by Gasteiger charge is -2.24. The average Bonchev–Trinajstić information content (AvgIpc) is 3.29. The Kier molecular flexibility index (Phi) is 6.07. The van der Waals surface area contributed by atoms with Gasteiger partial charge in [-0.15, -0.1) is 0 Å². The molecule has 2 aromatic rings. The number of halogens is 4. The van der Waals surface area contributed by atoms with E-state index in [4.69, 9.17) is 0 Å². The molecule has 4 rings (SSSR count). The maximum absolute atomic E-state index is 14.1. The van der Waals surface area contributed by atoms with Crippen LogP contribution in [0.5, 0.6) is 0 Å². The molecule has 2 aromatic carbocycles. The van der Waals surface area contributed by atoms with E-state index in [1.54, 1.807) is 6.07 Å². The van der Waals surface area contributed by atoms with E-state index in [1.165, 1.54) is 23.1 Å². The van der Waals surface area contributed by atoms with Crippen molar-refractivity contribution in [3.8, 4) is 11.1 Å². The Morgan fingerprint density at radius 1 is 1.12 bits per heavy atom. The molecule has 2 atom stereocenters. The number of benzene rings is 2. The highest BCUT2D eigenvalue weighted by atomic mass is 19.3. The van der Waals surface area contributed by atoms with Crippen molar-refractivity contribution < 1.29 is 41.8 Å². The minimum Gasteiger partial charge on any atom is -0.480 e. The topological polar surface area (TPSA) is 87.2 Å². The van der Waals surface area contributed by atoms with E-state index in [1.807, 2.05) is 0 Å². The van der Waals surface area contributed by atoms with E-state index in [-0.39, 0.29) is 25.1 Å². The first kappa shape index (κ1) is 22.7. The van der Waals surface area contributed by atoms with Gasteiger partial charge >= 0.3 is 12.6 Å². The van der Waals surface area contributed by atoms with Gasteiger partial charge in [-0.3, -0.25) is 9.59 Å². The van der Waals surface area contributed by atoms with Crippen molar-refractivity contribution >= 4 is 17.8 Å². The summed E-state index contributed by atoms with van der Waals surface area (Å²) in [4.78, 5) is 39.1. The highest BCUT2D eigenvalue weighted by molar-refractivity contribution is 6.01. The van der Waals surface area contributed by atoms with E-state index in [2.05, 4.69) is 4.74 Å². The first-order valence-corrected chi connectivity index (χ1v) is 9.97. The first-order chi connectivity index (χ1) is 15.6. The SMILES string of the molecule is O=C(O)[C@@H]1C[C@@H](OC(F)F)CN1C(=O)CN1Cc2cc(-c3ccc(F)cc3F)ccc2C1=O. The Morgan fingerprint density at radius 3 is 2.52 bits per heavy atom. The van der Waals surface area contributed by atoms with Gasteiger partial charge in [-0.1, -0.05) is 6.07 Å². The number of alkyl halides is 2. The fourth-order valence-electron chi connectivity index (χ4n) is 4.21. The lowest BCUT2D eigenvalue weighted by atomic mass is 10.00. The number of carboxylic acid groups (broad SMARTS) is 1. The van der Waals surface area contributed by atoms with Gasteiger partial charge in [0.05, 0.1) is 6.10 Å². The van der Waals surface area contributed by atoms with Gasteiger partial charge < -0.3 is 19.6 Å². The Hall–Kier alpha value is -3.47. The van der Waals surface area contributed by atoms with Crippen molar-refractivity contribution in [3.05, 3.63) is 59.2 Å². The molecule has 0 unspecified atom stereocenters. The summed E-state index contributed by atoms with van der Waals surface area (Å²) in [6, 6.07) is 6.35. The van der Waals surface area contributed by atoms with Crippen molar-refractivity contribution in [3.63, 3.8) is 0 Å². The summed E-state index contributed by atoms with van der Waals surface area (Å²) in [5, 5.41) is 9.35. The number of fused-ring (bicyclic) bond motifs is 1. The summed E-state index contributed by atoms with van der Waals surface area (Å²) in [6.07, 6.45) is -1.42. The normalized spacial score (nSPS) is 20.0. The van der Waals surface area contributed by atoms with E-state index < -0.39 is 54.7 Å². The standard InChI is InChI=1S/C22H18F4N2O5/c23-13-2-4-15(17(24)6-13)11-1-3-16-12(5-11)8-27(20(16)30)10-19(29)28-9-14(33-22(25)26)7-18(28)21(31)32/h1-6,14,18,22H,7-10H2,(H,31,32)/t14-,18+/m1/s1. The second-order valence-corrected chi connectivity index (χ2v) is 7.81. The number of carbonyl (C=O) groups excluding carboxylic acids is 2. The molecule has 0 aromatic heterocycles. The number of hydrogen-bond acceptors (Lipinski definition) is 4. The van der Waals surface area contributed by atoms with Gasteiger partial charge in [0.2, 0.25) is 5.91 Å². The molecule has 2 amide bonds. The van der Waals surface area contributed by atoms with E-state index in [9.17, 15) is 37.1 Å². The van der Waals surface area contributed by atoms with Crippen molar-refractivity contribution in [2.24, 2.45) is 0 Å². The number of rotatable bonds is 6. The molecule has 0 saturated carbocycles. The van der Waals surface area contributed by atoms with Crippen molar-refractivity contribution in [2.45, 2.75) is 31.7 Å².